The van der Waals surface area contributed by atoms with Crippen LogP contribution in [0.2, 0.25) is 0 Å². The maximum atomic E-state index is 12.8. The number of hydrogen-bond acceptors (Lipinski definition) is 3. The third kappa shape index (κ3) is 4.26. The minimum Gasteiger partial charge on any atom is -0.480 e. The van der Waals surface area contributed by atoms with E-state index in [1.54, 1.807) is 6.20 Å². The van der Waals surface area contributed by atoms with Crippen LogP contribution >= 0.6 is 0 Å². The second-order valence-corrected chi connectivity index (χ2v) is 6.26. The van der Waals surface area contributed by atoms with Gasteiger partial charge in [0.1, 0.15) is 6.54 Å². The van der Waals surface area contributed by atoms with Crippen molar-refractivity contribution in [1.29, 1.82) is 0 Å². The average Bonchev–Trinajstić information content (AvgIpc) is 2.58. The van der Waals surface area contributed by atoms with Gasteiger partial charge in [-0.1, -0.05) is 31.2 Å². The van der Waals surface area contributed by atoms with Gasteiger partial charge in [-0.25, -0.2) is 0 Å². The molecule has 1 aliphatic heterocycles. The first-order chi connectivity index (χ1) is 11.8. The van der Waals surface area contributed by atoms with Crippen LogP contribution in [-0.4, -0.2) is 45.3 Å². The van der Waals surface area contributed by atoms with Crippen molar-refractivity contribution in [3.8, 4) is 0 Å². The Labute approximate surface area is 147 Å². The third-order valence-corrected chi connectivity index (χ3v) is 4.59. The lowest BCUT2D eigenvalue weighted by molar-refractivity contribution is -0.147. The quantitative estimate of drug-likeness (QED) is 0.860. The van der Waals surface area contributed by atoms with E-state index in [0.717, 1.165) is 11.1 Å². The topological polar surface area (TPSA) is 77.9 Å². The summed E-state index contributed by atoms with van der Waals surface area (Å²) >= 11 is 0. The first-order valence-electron chi connectivity index (χ1n) is 8.42. The molecular formula is C19H24N2O4. The molecule has 0 bridgehead atoms. The number of carbonyl (C=O) groups is 3. The third-order valence-electron chi connectivity index (χ3n) is 4.59. The highest BCUT2D eigenvalue weighted by atomic mass is 16.4. The lowest BCUT2D eigenvalue weighted by Crippen LogP contribution is -2.44. The number of rotatable bonds is 6. The van der Waals surface area contributed by atoms with E-state index in [1.807, 2.05) is 44.2 Å². The molecule has 2 unspecified atom stereocenters. The summed E-state index contributed by atoms with van der Waals surface area (Å²) in [5.41, 5.74) is 1.86. The maximum absolute atomic E-state index is 12.8. The number of carbonyl (C=O) groups excluding carboxylic acids is 2. The number of aliphatic carboxylic acids is 1. The van der Waals surface area contributed by atoms with Crippen LogP contribution in [0.15, 0.2) is 30.5 Å². The summed E-state index contributed by atoms with van der Waals surface area (Å²) in [4.78, 5) is 38.9. The van der Waals surface area contributed by atoms with Gasteiger partial charge < -0.3 is 14.9 Å². The Bertz CT molecular complexity index is 698. The molecule has 2 amide bonds. The first-order valence-corrected chi connectivity index (χ1v) is 8.42. The SMILES string of the molecule is CCC(C)N(CC(=O)O)C(=O)CC1c2ccccc2C=CN1C(C)=O. The van der Waals surface area contributed by atoms with Crippen LogP contribution in [0.5, 0.6) is 0 Å². The van der Waals surface area contributed by atoms with Crippen LogP contribution in [-0.2, 0) is 14.4 Å². The summed E-state index contributed by atoms with van der Waals surface area (Å²) in [5.74, 6) is -1.46. The van der Waals surface area contributed by atoms with Gasteiger partial charge in [-0.3, -0.25) is 14.4 Å². The molecule has 0 saturated carbocycles. The van der Waals surface area contributed by atoms with Crippen LogP contribution in [0.3, 0.4) is 0 Å². The molecule has 2 rings (SSSR count). The minimum absolute atomic E-state index is 0.0541. The largest absolute Gasteiger partial charge is 0.480 e. The number of amides is 2. The fourth-order valence-corrected chi connectivity index (χ4v) is 3.05. The zero-order valence-electron chi connectivity index (χ0n) is 14.8. The van der Waals surface area contributed by atoms with Gasteiger partial charge in [-0.15, -0.1) is 0 Å². The number of nitrogens with zero attached hydrogens (tertiary/aromatic N) is 2. The number of carboxylic acids is 1. The molecule has 6 nitrogen and oxygen atoms in total. The maximum Gasteiger partial charge on any atom is 0.323 e. The van der Waals surface area contributed by atoms with Crippen molar-refractivity contribution < 1.29 is 19.5 Å². The summed E-state index contributed by atoms with van der Waals surface area (Å²) in [6, 6.07) is 7.01. The molecule has 0 aliphatic carbocycles. The van der Waals surface area contributed by atoms with E-state index in [9.17, 15) is 14.4 Å². The van der Waals surface area contributed by atoms with Gasteiger partial charge in [0.25, 0.3) is 0 Å². The van der Waals surface area contributed by atoms with Gasteiger partial charge in [-0.05, 0) is 30.5 Å². The Hall–Kier alpha value is -2.63. The Balaban J connectivity index is 2.30. The van der Waals surface area contributed by atoms with Crippen molar-refractivity contribution in [3.05, 3.63) is 41.6 Å². The number of benzene rings is 1. The van der Waals surface area contributed by atoms with Gasteiger partial charge in [0.2, 0.25) is 11.8 Å². The Morgan fingerprint density at radius 3 is 2.56 bits per heavy atom. The Kier molecular flexibility index (Phi) is 5.96. The normalized spacial score (nSPS) is 16.9. The number of carboxylic acid groups (broad SMARTS) is 1. The summed E-state index contributed by atoms with van der Waals surface area (Å²) in [6.07, 6.45) is 4.25. The fourth-order valence-electron chi connectivity index (χ4n) is 3.05. The molecule has 1 aliphatic rings. The second-order valence-electron chi connectivity index (χ2n) is 6.26. The monoisotopic (exact) mass is 344 g/mol. The average molecular weight is 344 g/mol. The van der Waals surface area contributed by atoms with Gasteiger partial charge in [0, 0.05) is 19.2 Å². The van der Waals surface area contributed by atoms with E-state index in [1.165, 1.54) is 16.7 Å². The molecule has 1 heterocycles. The Morgan fingerprint density at radius 2 is 1.96 bits per heavy atom. The highest BCUT2D eigenvalue weighted by Gasteiger charge is 2.31. The van der Waals surface area contributed by atoms with E-state index in [-0.39, 0.29) is 30.8 Å². The lowest BCUT2D eigenvalue weighted by Gasteiger charge is -2.35. The molecule has 6 heteroatoms. The van der Waals surface area contributed by atoms with Crippen LogP contribution in [0.1, 0.15) is 50.8 Å². The number of hydrogen-bond donors (Lipinski definition) is 1. The molecule has 1 aromatic carbocycles. The van der Waals surface area contributed by atoms with Gasteiger partial charge in [0.05, 0.1) is 12.5 Å². The molecule has 1 N–H and O–H groups in total. The summed E-state index contributed by atoms with van der Waals surface area (Å²) < 4.78 is 0. The standard InChI is InChI=1S/C19H24N2O4/c1-4-13(2)21(12-19(24)25)18(23)11-17-16-8-6-5-7-15(16)9-10-20(17)14(3)22/h5-10,13,17H,4,11-12H2,1-3H3,(H,24,25). The highest BCUT2D eigenvalue weighted by molar-refractivity contribution is 5.84. The predicted molar refractivity (Wildman–Crippen MR) is 94.5 cm³/mol. The molecular weight excluding hydrogens is 320 g/mol. The van der Waals surface area contributed by atoms with Crippen LogP contribution < -0.4 is 0 Å². The Morgan fingerprint density at radius 1 is 1.28 bits per heavy atom. The number of fused-ring (bicyclic) bond motifs is 1. The van der Waals surface area contributed by atoms with E-state index in [4.69, 9.17) is 5.11 Å². The van der Waals surface area contributed by atoms with E-state index in [2.05, 4.69) is 0 Å². The minimum atomic E-state index is -1.04. The van der Waals surface area contributed by atoms with Crippen molar-refractivity contribution in [2.45, 2.75) is 45.7 Å². The zero-order valence-corrected chi connectivity index (χ0v) is 14.8. The summed E-state index contributed by atoms with van der Waals surface area (Å²) in [5, 5.41) is 9.11. The van der Waals surface area contributed by atoms with Crippen LogP contribution in [0.4, 0.5) is 0 Å². The summed E-state index contributed by atoms with van der Waals surface area (Å²) in [6.45, 7) is 4.86. The van der Waals surface area contributed by atoms with Crippen molar-refractivity contribution in [2.24, 2.45) is 0 Å². The van der Waals surface area contributed by atoms with E-state index >= 15 is 0 Å². The predicted octanol–water partition coefficient (Wildman–Crippen LogP) is 2.66. The van der Waals surface area contributed by atoms with Crippen molar-refractivity contribution in [3.63, 3.8) is 0 Å². The summed E-state index contributed by atoms with van der Waals surface area (Å²) in [7, 11) is 0. The molecule has 134 valence electrons. The van der Waals surface area contributed by atoms with Crippen molar-refractivity contribution in [2.75, 3.05) is 6.54 Å². The first kappa shape index (κ1) is 18.7. The van der Waals surface area contributed by atoms with Crippen LogP contribution in [0.25, 0.3) is 6.08 Å². The van der Waals surface area contributed by atoms with Gasteiger partial charge in [0.15, 0.2) is 0 Å². The molecule has 0 saturated heterocycles. The van der Waals surface area contributed by atoms with Gasteiger partial charge in [-0.2, -0.15) is 0 Å². The molecule has 2 atom stereocenters. The molecule has 0 spiro atoms. The molecule has 25 heavy (non-hydrogen) atoms. The zero-order chi connectivity index (χ0) is 18.6. The van der Waals surface area contributed by atoms with Crippen molar-refractivity contribution >= 4 is 23.9 Å². The molecule has 0 aromatic heterocycles. The van der Waals surface area contributed by atoms with E-state index < -0.39 is 12.0 Å². The fraction of sp³-hybridized carbons (Fsp3) is 0.421. The highest BCUT2D eigenvalue weighted by Crippen LogP contribution is 2.33. The van der Waals surface area contributed by atoms with Crippen LogP contribution in [0, 0.1) is 0 Å². The molecule has 0 radical (unpaired) electrons. The second kappa shape index (κ2) is 7.96. The van der Waals surface area contributed by atoms with Crippen molar-refractivity contribution in [1.82, 2.24) is 9.80 Å². The smallest absolute Gasteiger partial charge is 0.323 e. The molecule has 0 fully saturated rings. The van der Waals surface area contributed by atoms with Gasteiger partial charge >= 0.3 is 5.97 Å². The molecule has 1 aromatic rings. The van der Waals surface area contributed by atoms with E-state index in [0.29, 0.717) is 6.42 Å². The lowest BCUT2D eigenvalue weighted by atomic mass is 9.93.